The molecule has 180 valence electrons. The van der Waals surface area contributed by atoms with Crippen LogP contribution in [0.3, 0.4) is 0 Å². The van der Waals surface area contributed by atoms with Gasteiger partial charge in [0.1, 0.15) is 17.9 Å². The van der Waals surface area contributed by atoms with E-state index in [2.05, 4.69) is 15.8 Å². The quantitative estimate of drug-likeness (QED) is 0.558. The van der Waals surface area contributed by atoms with Crippen LogP contribution in [-0.2, 0) is 0 Å². The Kier molecular flexibility index (Phi) is 5.78. The number of nitrogens with one attached hydrogen (secondary N) is 2. The first-order chi connectivity index (χ1) is 16.9. The molecule has 5 rings (SSSR count). The van der Waals surface area contributed by atoms with Gasteiger partial charge in [0.05, 0.1) is 34.3 Å². The SMILES string of the molecule is CC1COc2c(N3CCN(C)CC3)c(F)cc3c(=O)c(C(=O)NNc4ccc(C#N)cc4)cn1c23. The highest BCUT2D eigenvalue weighted by Crippen LogP contribution is 2.42. The molecule has 9 nitrogen and oxygen atoms in total. The van der Waals surface area contributed by atoms with Crippen molar-refractivity contribution < 1.29 is 13.9 Å². The number of rotatable bonds is 4. The summed E-state index contributed by atoms with van der Waals surface area (Å²) in [7, 11) is 2.02. The van der Waals surface area contributed by atoms with E-state index in [-0.39, 0.29) is 17.0 Å². The molecule has 2 N–H and O–H groups in total. The predicted molar refractivity (Wildman–Crippen MR) is 130 cm³/mol. The van der Waals surface area contributed by atoms with Crippen LogP contribution in [0.5, 0.6) is 5.75 Å². The van der Waals surface area contributed by atoms with Crippen molar-refractivity contribution >= 4 is 28.2 Å². The van der Waals surface area contributed by atoms with Gasteiger partial charge < -0.3 is 19.1 Å². The third kappa shape index (κ3) is 4.04. The standard InChI is InChI=1S/C25H25FN6O3/c1-15-14-35-24-21-18(11-20(26)22(24)31-9-7-30(2)8-10-31)23(33)19(13-32(15)21)25(34)29-28-17-5-3-16(12-27)4-6-17/h3-6,11,13,15,28H,7-10,14H2,1-2H3,(H,29,34). The molecular weight excluding hydrogens is 451 g/mol. The smallest absolute Gasteiger partial charge is 0.275 e. The molecule has 10 heteroatoms. The van der Waals surface area contributed by atoms with Gasteiger partial charge in [-0.25, -0.2) is 4.39 Å². The maximum Gasteiger partial charge on any atom is 0.275 e. The second-order valence-corrected chi connectivity index (χ2v) is 8.93. The molecule has 0 saturated carbocycles. The minimum atomic E-state index is -0.645. The number of hydrogen-bond donors (Lipinski definition) is 2. The third-order valence-electron chi connectivity index (χ3n) is 6.54. The molecule has 35 heavy (non-hydrogen) atoms. The largest absolute Gasteiger partial charge is 0.487 e. The van der Waals surface area contributed by atoms with Gasteiger partial charge in [0.15, 0.2) is 11.6 Å². The Balaban J connectivity index is 1.53. The number of benzene rings is 2. The number of anilines is 2. The van der Waals surface area contributed by atoms with Gasteiger partial charge in [-0.1, -0.05) is 0 Å². The Morgan fingerprint density at radius 1 is 1.20 bits per heavy atom. The number of pyridine rings is 1. The fourth-order valence-electron chi connectivity index (χ4n) is 4.52. The first-order valence-electron chi connectivity index (χ1n) is 11.4. The van der Waals surface area contributed by atoms with E-state index in [0.717, 1.165) is 13.1 Å². The van der Waals surface area contributed by atoms with Crippen LogP contribution in [0.1, 0.15) is 28.9 Å². The summed E-state index contributed by atoms with van der Waals surface area (Å²) in [6.07, 6.45) is 1.52. The molecule has 1 fully saturated rings. The fraction of sp³-hybridized carbons (Fsp3) is 0.320. The van der Waals surface area contributed by atoms with Crippen molar-refractivity contribution in [2.24, 2.45) is 0 Å². The lowest BCUT2D eigenvalue weighted by atomic mass is 10.0. The Morgan fingerprint density at radius 3 is 2.60 bits per heavy atom. The highest BCUT2D eigenvalue weighted by Gasteiger charge is 2.31. The van der Waals surface area contributed by atoms with E-state index in [9.17, 15) is 9.59 Å². The zero-order chi connectivity index (χ0) is 24.7. The first kappa shape index (κ1) is 22.7. The lowest BCUT2D eigenvalue weighted by molar-refractivity contribution is 0.0960. The van der Waals surface area contributed by atoms with Gasteiger partial charge in [-0.05, 0) is 44.3 Å². The number of amides is 1. The van der Waals surface area contributed by atoms with Gasteiger partial charge in [-0.2, -0.15) is 5.26 Å². The van der Waals surface area contributed by atoms with Crippen molar-refractivity contribution in [3.63, 3.8) is 0 Å². The zero-order valence-electron chi connectivity index (χ0n) is 19.5. The van der Waals surface area contributed by atoms with Crippen LogP contribution in [0.15, 0.2) is 41.3 Å². The summed E-state index contributed by atoms with van der Waals surface area (Å²) >= 11 is 0. The van der Waals surface area contributed by atoms with Crippen LogP contribution in [0, 0.1) is 17.1 Å². The number of nitrogens with zero attached hydrogens (tertiary/aromatic N) is 4. The van der Waals surface area contributed by atoms with E-state index in [1.165, 1.54) is 12.3 Å². The number of likely N-dealkylation sites (N-methyl/N-ethyl adjacent to an activating group) is 1. The minimum absolute atomic E-state index is 0.105. The molecule has 3 aromatic rings. The van der Waals surface area contributed by atoms with Gasteiger partial charge >= 0.3 is 0 Å². The van der Waals surface area contributed by atoms with E-state index in [1.54, 1.807) is 24.3 Å². The van der Waals surface area contributed by atoms with Crippen LogP contribution in [0.4, 0.5) is 15.8 Å². The van der Waals surface area contributed by atoms with Crippen molar-refractivity contribution in [3.05, 3.63) is 63.7 Å². The van der Waals surface area contributed by atoms with E-state index >= 15 is 4.39 Å². The molecule has 1 unspecified atom stereocenters. The molecule has 0 aliphatic carbocycles. The number of halogens is 1. The lowest BCUT2D eigenvalue weighted by Gasteiger charge is -2.37. The number of piperazine rings is 1. The number of nitriles is 1. The summed E-state index contributed by atoms with van der Waals surface area (Å²) < 4.78 is 23.2. The van der Waals surface area contributed by atoms with Crippen molar-refractivity contribution in [1.29, 1.82) is 5.26 Å². The Morgan fingerprint density at radius 2 is 1.91 bits per heavy atom. The number of hydrogen-bond acceptors (Lipinski definition) is 7. The average Bonchev–Trinajstić information content (AvgIpc) is 2.87. The lowest BCUT2D eigenvalue weighted by Crippen LogP contribution is -2.45. The normalized spacial score (nSPS) is 17.5. The van der Waals surface area contributed by atoms with Crippen LogP contribution in [0.2, 0.25) is 0 Å². The number of hydrazine groups is 1. The summed E-state index contributed by atoms with van der Waals surface area (Å²) in [5.74, 6) is -0.834. The fourth-order valence-corrected chi connectivity index (χ4v) is 4.52. The molecule has 2 aromatic carbocycles. The van der Waals surface area contributed by atoms with Crippen molar-refractivity contribution in [3.8, 4) is 11.8 Å². The number of carbonyl (C=O) groups excluding carboxylic acids is 1. The molecule has 0 spiro atoms. The van der Waals surface area contributed by atoms with Crippen LogP contribution in [-0.4, -0.2) is 55.2 Å². The molecule has 1 aromatic heterocycles. The molecule has 2 aliphatic heterocycles. The molecule has 0 radical (unpaired) electrons. The van der Waals surface area contributed by atoms with E-state index in [1.807, 2.05) is 29.5 Å². The van der Waals surface area contributed by atoms with E-state index in [0.29, 0.717) is 47.9 Å². The Hall–Kier alpha value is -4.10. The van der Waals surface area contributed by atoms with Crippen molar-refractivity contribution in [2.75, 3.05) is 50.2 Å². The minimum Gasteiger partial charge on any atom is -0.487 e. The highest BCUT2D eigenvalue weighted by molar-refractivity contribution is 6.00. The molecule has 0 bridgehead atoms. The molecule has 3 heterocycles. The van der Waals surface area contributed by atoms with Crippen LogP contribution in [0.25, 0.3) is 10.9 Å². The number of ether oxygens (including phenoxy) is 1. The van der Waals surface area contributed by atoms with E-state index in [4.69, 9.17) is 10.00 Å². The molecule has 1 saturated heterocycles. The van der Waals surface area contributed by atoms with Crippen molar-refractivity contribution in [2.45, 2.75) is 13.0 Å². The molecule has 1 atom stereocenters. The maximum atomic E-state index is 15.4. The van der Waals surface area contributed by atoms with Gasteiger partial charge in [0.25, 0.3) is 5.91 Å². The van der Waals surface area contributed by atoms with Gasteiger partial charge in [-0.3, -0.25) is 20.4 Å². The summed E-state index contributed by atoms with van der Waals surface area (Å²) in [6.45, 7) is 5.10. The molecular formula is C25H25FN6O3. The van der Waals surface area contributed by atoms with Gasteiger partial charge in [-0.15, -0.1) is 0 Å². The Bertz CT molecular complexity index is 1400. The average molecular weight is 477 g/mol. The summed E-state index contributed by atoms with van der Waals surface area (Å²) in [5, 5.41) is 9.02. The van der Waals surface area contributed by atoms with Crippen LogP contribution >= 0.6 is 0 Å². The number of carbonyl (C=O) groups is 1. The van der Waals surface area contributed by atoms with E-state index < -0.39 is 17.2 Å². The number of aromatic nitrogens is 1. The Labute approximate surface area is 201 Å². The molecule has 2 aliphatic rings. The topological polar surface area (TPSA) is 103 Å². The van der Waals surface area contributed by atoms with Gasteiger partial charge in [0, 0.05) is 32.4 Å². The summed E-state index contributed by atoms with van der Waals surface area (Å²) in [5.41, 5.74) is 6.48. The highest BCUT2D eigenvalue weighted by atomic mass is 19.1. The van der Waals surface area contributed by atoms with Gasteiger partial charge in [0.2, 0.25) is 5.43 Å². The third-order valence-corrected chi connectivity index (χ3v) is 6.54. The van der Waals surface area contributed by atoms with Crippen LogP contribution < -0.4 is 25.9 Å². The first-order valence-corrected chi connectivity index (χ1v) is 11.4. The second kappa shape index (κ2) is 8.92. The monoisotopic (exact) mass is 476 g/mol. The maximum absolute atomic E-state index is 15.4. The predicted octanol–water partition coefficient (Wildman–Crippen LogP) is 2.47. The molecule has 1 amide bonds. The zero-order valence-corrected chi connectivity index (χ0v) is 19.5. The van der Waals surface area contributed by atoms with Crippen molar-refractivity contribution in [1.82, 2.24) is 14.9 Å². The second-order valence-electron chi connectivity index (χ2n) is 8.93. The summed E-state index contributed by atoms with van der Waals surface area (Å²) in [4.78, 5) is 30.4. The summed E-state index contributed by atoms with van der Waals surface area (Å²) in [6, 6.07) is 9.56.